The average Bonchev–Trinajstić information content (AvgIpc) is 2.41. The number of esters is 1. The molecule has 0 spiro atoms. The molecule has 0 unspecified atom stereocenters. The van der Waals surface area contributed by atoms with Crippen LogP contribution >= 0.6 is 0 Å². The summed E-state index contributed by atoms with van der Waals surface area (Å²) in [5, 5.41) is 0. The SMILES string of the molecule is COc1cc(C=CC(=O)OCC(C)(C)C)cc(OC)c1. The molecule has 1 rings (SSSR count). The zero-order valence-electron chi connectivity index (χ0n) is 12.7. The molecule has 20 heavy (non-hydrogen) atoms. The Morgan fingerprint density at radius 3 is 2.10 bits per heavy atom. The van der Waals surface area contributed by atoms with Gasteiger partial charge in [-0.3, -0.25) is 0 Å². The molecule has 0 aromatic heterocycles. The molecule has 1 aromatic carbocycles. The van der Waals surface area contributed by atoms with E-state index in [1.165, 1.54) is 6.08 Å². The van der Waals surface area contributed by atoms with Crippen molar-refractivity contribution in [1.82, 2.24) is 0 Å². The minimum absolute atomic E-state index is 0.0390. The van der Waals surface area contributed by atoms with Gasteiger partial charge in [0, 0.05) is 12.1 Å². The van der Waals surface area contributed by atoms with E-state index in [1.54, 1.807) is 26.4 Å². The zero-order valence-corrected chi connectivity index (χ0v) is 12.7. The first-order valence-electron chi connectivity index (χ1n) is 6.42. The topological polar surface area (TPSA) is 44.8 Å². The summed E-state index contributed by atoms with van der Waals surface area (Å²) in [5.41, 5.74) is 0.775. The third-order valence-electron chi connectivity index (χ3n) is 2.43. The molecule has 0 N–H and O–H groups in total. The van der Waals surface area contributed by atoms with Gasteiger partial charge in [-0.05, 0) is 29.2 Å². The fourth-order valence-corrected chi connectivity index (χ4v) is 1.43. The highest BCUT2D eigenvalue weighted by Crippen LogP contribution is 2.23. The van der Waals surface area contributed by atoms with Crippen LogP contribution in [0.15, 0.2) is 24.3 Å². The highest BCUT2D eigenvalue weighted by atomic mass is 16.5. The lowest BCUT2D eigenvalue weighted by Crippen LogP contribution is -2.17. The largest absolute Gasteiger partial charge is 0.497 e. The highest BCUT2D eigenvalue weighted by Gasteiger charge is 2.12. The molecule has 0 aliphatic carbocycles. The molecule has 0 aliphatic rings. The summed E-state index contributed by atoms with van der Waals surface area (Å²) in [6, 6.07) is 5.40. The molecule has 0 atom stereocenters. The molecule has 0 amide bonds. The minimum atomic E-state index is -0.360. The van der Waals surface area contributed by atoms with Gasteiger partial charge in [0.2, 0.25) is 0 Å². The Morgan fingerprint density at radius 2 is 1.65 bits per heavy atom. The summed E-state index contributed by atoms with van der Waals surface area (Å²) < 4.78 is 15.5. The first-order valence-corrected chi connectivity index (χ1v) is 6.42. The normalized spacial score (nSPS) is 11.4. The molecule has 0 fully saturated rings. The predicted molar refractivity (Wildman–Crippen MR) is 79.0 cm³/mol. The molecule has 110 valence electrons. The fraction of sp³-hybridized carbons (Fsp3) is 0.438. The number of ether oxygens (including phenoxy) is 3. The van der Waals surface area contributed by atoms with Gasteiger partial charge in [0.05, 0.1) is 20.8 Å². The van der Waals surface area contributed by atoms with E-state index in [1.807, 2.05) is 32.9 Å². The van der Waals surface area contributed by atoms with E-state index in [4.69, 9.17) is 14.2 Å². The standard InChI is InChI=1S/C16H22O4/c1-16(2,3)11-20-15(17)7-6-12-8-13(18-4)10-14(9-12)19-5/h6-10H,11H2,1-5H3. The summed E-state index contributed by atoms with van der Waals surface area (Å²) in [6.07, 6.45) is 3.08. The zero-order chi connectivity index (χ0) is 15.2. The van der Waals surface area contributed by atoms with Crippen molar-refractivity contribution in [2.45, 2.75) is 20.8 Å². The van der Waals surface area contributed by atoms with E-state index in [9.17, 15) is 4.79 Å². The van der Waals surface area contributed by atoms with Crippen LogP contribution in [0.2, 0.25) is 0 Å². The lowest BCUT2D eigenvalue weighted by Gasteiger charge is -2.16. The van der Waals surface area contributed by atoms with Crippen molar-refractivity contribution in [2.24, 2.45) is 5.41 Å². The summed E-state index contributed by atoms with van der Waals surface area (Å²) in [7, 11) is 3.17. The molecule has 0 heterocycles. The van der Waals surface area contributed by atoms with Crippen molar-refractivity contribution in [3.8, 4) is 11.5 Å². The number of methoxy groups -OCH3 is 2. The van der Waals surface area contributed by atoms with Crippen LogP contribution < -0.4 is 9.47 Å². The van der Waals surface area contributed by atoms with Crippen LogP contribution in [-0.2, 0) is 9.53 Å². The van der Waals surface area contributed by atoms with E-state index in [2.05, 4.69) is 0 Å². The Labute approximate surface area is 120 Å². The summed E-state index contributed by atoms with van der Waals surface area (Å²) >= 11 is 0. The molecule has 0 bridgehead atoms. The predicted octanol–water partition coefficient (Wildman–Crippen LogP) is 3.31. The maximum Gasteiger partial charge on any atom is 0.330 e. The maximum atomic E-state index is 11.6. The van der Waals surface area contributed by atoms with Crippen molar-refractivity contribution in [3.05, 3.63) is 29.8 Å². The average molecular weight is 278 g/mol. The van der Waals surface area contributed by atoms with Gasteiger partial charge < -0.3 is 14.2 Å². The van der Waals surface area contributed by atoms with E-state index in [0.29, 0.717) is 18.1 Å². The number of carbonyl (C=O) groups is 1. The van der Waals surface area contributed by atoms with E-state index >= 15 is 0 Å². The lowest BCUT2D eigenvalue weighted by molar-refractivity contribution is -0.140. The third-order valence-corrected chi connectivity index (χ3v) is 2.43. The maximum absolute atomic E-state index is 11.6. The van der Waals surface area contributed by atoms with Crippen molar-refractivity contribution in [1.29, 1.82) is 0 Å². The van der Waals surface area contributed by atoms with Crippen molar-refractivity contribution < 1.29 is 19.0 Å². The van der Waals surface area contributed by atoms with Gasteiger partial charge in [-0.15, -0.1) is 0 Å². The quantitative estimate of drug-likeness (QED) is 0.612. The second-order valence-corrected chi connectivity index (χ2v) is 5.65. The van der Waals surface area contributed by atoms with Crippen LogP contribution in [-0.4, -0.2) is 26.8 Å². The monoisotopic (exact) mass is 278 g/mol. The second-order valence-electron chi connectivity index (χ2n) is 5.65. The Balaban J connectivity index is 2.72. The number of rotatable bonds is 5. The number of hydrogen-bond acceptors (Lipinski definition) is 4. The van der Waals surface area contributed by atoms with E-state index < -0.39 is 0 Å². The van der Waals surface area contributed by atoms with Crippen LogP contribution in [0.5, 0.6) is 11.5 Å². The van der Waals surface area contributed by atoms with Crippen LogP contribution in [0.4, 0.5) is 0 Å². The van der Waals surface area contributed by atoms with E-state index in [-0.39, 0.29) is 11.4 Å². The van der Waals surface area contributed by atoms with Gasteiger partial charge in [-0.25, -0.2) is 4.79 Å². The van der Waals surface area contributed by atoms with Gasteiger partial charge in [0.15, 0.2) is 0 Å². The Morgan fingerprint density at radius 1 is 1.10 bits per heavy atom. The molecular weight excluding hydrogens is 256 g/mol. The van der Waals surface area contributed by atoms with Crippen LogP contribution in [0.25, 0.3) is 6.08 Å². The van der Waals surface area contributed by atoms with Gasteiger partial charge >= 0.3 is 5.97 Å². The first kappa shape index (κ1) is 16.1. The van der Waals surface area contributed by atoms with Crippen molar-refractivity contribution in [2.75, 3.05) is 20.8 Å². The van der Waals surface area contributed by atoms with E-state index in [0.717, 1.165) is 5.56 Å². The van der Waals surface area contributed by atoms with Crippen LogP contribution in [0, 0.1) is 5.41 Å². The number of benzene rings is 1. The molecule has 0 saturated heterocycles. The molecular formula is C16H22O4. The van der Waals surface area contributed by atoms with Gasteiger partial charge in [-0.1, -0.05) is 20.8 Å². The molecule has 0 radical (unpaired) electrons. The van der Waals surface area contributed by atoms with Crippen molar-refractivity contribution in [3.63, 3.8) is 0 Å². The Bertz CT molecular complexity index is 461. The lowest BCUT2D eigenvalue weighted by atomic mass is 9.99. The first-order chi connectivity index (χ1) is 9.34. The van der Waals surface area contributed by atoms with Gasteiger partial charge in [0.25, 0.3) is 0 Å². The van der Waals surface area contributed by atoms with Crippen LogP contribution in [0.1, 0.15) is 26.3 Å². The molecule has 4 nitrogen and oxygen atoms in total. The van der Waals surface area contributed by atoms with Crippen molar-refractivity contribution >= 4 is 12.0 Å². The molecule has 0 aliphatic heterocycles. The smallest absolute Gasteiger partial charge is 0.330 e. The molecule has 1 aromatic rings. The summed E-state index contributed by atoms with van der Waals surface area (Å²) in [6.45, 7) is 6.42. The highest BCUT2D eigenvalue weighted by molar-refractivity contribution is 5.87. The fourth-order valence-electron chi connectivity index (χ4n) is 1.43. The molecule has 4 heteroatoms. The van der Waals surface area contributed by atoms with Gasteiger partial charge in [-0.2, -0.15) is 0 Å². The summed E-state index contributed by atoms with van der Waals surface area (Å²) in [5.74, 6) is 0.987. The number of hydrogen-bond donors (Lipinski definition) is 0. The molecule has 0 saturated carbocycles. The summed E-state index contributed by atoms with van der Waals surface area (Å²) in [4.78, 5) is 11.6. The Kier molecular flexibility index (Phi) is 5.62. The Hall–Kier alpha value is -1.97. The number of carbonyl (C=O) groups excluding carboxylic acids is 1. The minimum Gasteiger partial charge on any atom is -0.497 e. The van der Waals surface area contributed by atoms with Gasteiger partial charge in [0.1, 0.15) is 11.5 Å². The second kappa shape index (κ2) is 6.98. The van der Waals surface area contributed by atoms with Crippen LogP contribution in [0.3, 0.4) is 0 Å². The third kappa shape index (κ3) is 5.78.